The summed E-state index contributed by atoms with van der Waals surface area (Å²) < 4.78 is 0. The fourth-order valence-corrected chi connectivity index (χ4v) is 3.80. The predicted octanol–water partition coefficient (Wildman–Crippen LogP) is 6.05. The number of rotatable bonds is 0. The lowest BCUT2D eigenvalue weighted by Gasteiger charge is -1.91. The van der Waals surface area contributed by atoms with E-state index in [1.54, 1.807) is 0 Å². The Kier molecular flexibility index (Phi) is 3.63. The number of aryl methyl sites for hydroxylation is 2. The highest BCUT2D eigenvalue weighted by molar-refractivity contribution is 5.86. The Morgan fingerprint density at radius 2 is 1.07 bits per heavy atom. The van der Waals surface area contributed by atoms with Crippen LogP contribution in [0.25, 0.3) is 45.4 Å². The number of fused-ring (bicyclic) bond motifs is 8. The maximum atomic E-state index is 4.82. The summed E-state index contributed by atoms with van der Waals surface area (Å²) in [5.74, 6) is 0. The molecule has 0 unspecified atom stereocenters. The van der Waals surface area contributed by atoms with Crippen molar-refractivity contribution < 1.29 is 0 Å². The minimum absolute atomic E-state index is 0.943. The summed E-state index contributed by atoms with van der Waals surface area (Å²) >= 11 is 0. The molecule has 0 fully saturated rings. The molecule has 3 aromatic rings. The van der Waals surface area contributed by atoms with Crippen molar-refractivity contribution in [1.82, 2.24) is 19.9 Å². The van der Waals surface area contributed by atoms with E-state index < -0.39 is 0 Å². The molecule has 5 rings (SSSR count). The van der Waals surface area contributed by atoms with Crippen molar-refractivity contribution in [3.05, 3.63) is 70.3 Å². The SMILES string of the molecule is CC1=Cc2cc3[nH]c(cc3C)cc3cc(C)c(cc4nc(cc1n2)C=C4C)[nH]3. The minimum atomic E-state index is 0.943. The number of aromatic amines is 2. The maximum absolute atomic E-state index is 4.82. The van der Waals surface area contributed by atoms with Crippen molar-refractivity contribution in [3.63, 3.8) is 0 Å². The number of allylic oxidation sites excluding steroid dienone is 2. The number of aromatic nitrogens is 4. The van der Waals surface area contributed by atoms with Crippen molar-refractivity contribution >= 4 is 45.4 Å². The van der Waals surface area contributed by atoms with Crippen molar-refractivity contribution in [1.29, 1.82) is 0 Å². The summed E-state index contributed by atoms with van der Waals surface area (Å²) in [5, 5.41) is 0. The second-order valence-corrected chi connectivity index (χ2v) is 7.72. The molecule has 4 heteroatoms. The van der Waals surface area contributed by atoms with E-state index in [4.69, 9.17) is 9.97 Å². The van der Waals surface area contributed by atoms with E-state index in [2.05, 4.69) is 86.2 Å². The van der Waals surface area contributed by atoms with Crippen LogP contribution in [-0.4, -0.2) is 19.9 Å². The summed E-state index contributed by atoms with van der Waals surface area (Å²) in [4.78, 5) is 16.6. The quantitative estimate of drug-likeness (QED) is 0.508. The third-order valence-electron chi connectivity index (χ3n) is 5.36. The Hall–Kier alpha value is -3.40. The lowest BCUT2D eigenvalue weighted by Crippen LogP contribution is -1.80. The lowest BCUT2D eigenvalue weighted by atomic mass is 10.2. The maximum Gasteiger partial charge on any atom is 0.0688 e. The first-order chi connectivity index (χ1) is 13.4. The van der Waals surface area contributed by atoms with E-state index in [1.807, 2.05) is 0 Å². The van der Waals surface area contributed by atoms with Gasteiger partial charge >= 0.3 is 0 Å². The number of nitrogens with one attached hydrogen (secondary N) is 2. The van der Waals surface area contributed by atoms with Gasteiger partial charge in [-0.2, -0.15) is 0 Å². The van der Waals surface area contributed by atoms with Gasteiger partial charge in [-0.15, -0.1) is 0 Å². The molecule has 3 aromatic heterocycles. The van der Waals surface area contributed by atoms with Gasteiger partial charge in [0, 0.05) is 22.1 Å². The van der Waals surface area contributed by atoms with E-state index >= 15 is 0 Å². The Morgan fingerprint density at radius 3 is 1.68 bits per heavy atom. The summed E-state index contributed by atoms with van der Waals surface area (Å²) in [6.45, 7) is 8.44. The highest BCUT2D eigenvalue weighted by Crippen LogP contribution is 2.26. The van der Waals surface area contributed by atoms with Crippen LogP contribution in [0.1, 0.15) is 47.8 Å². The van der Waals surface area contributed by atoms with Gasteiger partial charge in [-0.1, -0.05) is 0 Å². The summed E-state index contributed by atoms with van der Waals surface area (Å²) in [6.07, 6.45) is 4.24. The van der Waals surface area contributed by atoms with Crippen LogP contribution >= 0.6 is 0 Å². The summed E-state index contributed by atoms with van der Waals surface area (Å²) in [7, 11) is 0. The molecule has 138 valence electrons. The average Bonchev–Trinajstić information content (AvgIpc) is 3.33. The van der Waals surface area contributed by atoms with E-state index in [1.165, 1.54) is 11.1 Å². The number of hydrogen-bond acceptors (Lipinski definition) is 2. The highest BCUT2D eigenvalue weighted by atomic mass is 14.8. The Morgan fingerprint density at radius 1 is 0.571 bits per heavy atom. The number of hydrogen-bond donors (Lipinski definition) is 2. The number of H-pyrrole nitrogens is 2. The van der Waals surface area contributed by atoms with Gasteiger partial charge in [0.2, 0.25) is 0 Å². The molecule has 2 aliphatic rings. The molecule has 0 spiro atoms. The molecule has 0 aromatic carbocycles. The minimum Gasteiger partial charge on any atom is -0.355 e. The van der Waals surface area contributed by atoms with Gasteiger partial charge in [-0.3, -0.25) is 0 Å². The van der Waals surface area contributed by atoms with E-state index in [0.717, 1.165) is 56.0 Å². The van der Waals surface area contributed by atoms with Crippen molar-refractivity contribution in [2.24, 2.45) is 0 Å². The zero-order valence-electron chi connectivity index (χ0n) is 16.5. The summed E-state index contributed by atoms with van der Waals surface area (Å²) in [5.41, 5.74) is 12.9. The van der Waals surface area contributed by atoms with Gasteiger partial charge in [0.05, 0.1) is 22.8 Å². The molecule has 0 amide bonds. The van der Waals surface area contributed by atoms with Crippen LogP contribution in [0, 0.1) is 13.8 Å². The van der Waals surface area contributed by atoms with E-state index in [0.29, 0.717) is 0 Å². The average molecular weight is 366 g/mol. The molecule has 28 heavy (non-hydrogen) atoms. The standard InChI is InChI=1S/C24H22N4/c1-13-5-17-9-18-6-15(3)23(26-18)12-24-16(4)8-20(28-24)11-22-14(2)7-19(27-22)10-21(13)25-17/h5-12,25-26H,1-4H3. The van der Waals surface area contributed by atoms with Crippen LogP contribution in [0.15, 0.2) is 36.4 Å². The first-order valence-corrected chi connectivity index (χ1v) is 9.51. The normalized spacial score (nSPS) is 13.4. The van der Waals surface area contributed by atoms with Gasteiger partial charge in [0.15, 0.2) is 0 Å². The molecule has 0 saturated heterocycles. The summed E-state index contributed by atoms with van der Waals surface area (Å²) in [6, 6.07) is 12.8. The first-order valence-electron chi connectivity index (χ1n) is 9.51. The van der Waals surface area contributed by atoms with Crippen LogP contribution in [-0.2, 0) is 0 Å². The predicted molar refractivity (Wildman–Crippen MR) is 118 cm³/mol. The monoisotopic (exact) mass is 366 g/mol. The molecule has 5 heterocycles. The molecule has 0 radical (unpaired) electrons. The van der Waals surface area contributed by atoms with Crippen LogP contribution in [0.4, 0.5) is 0 Å². The largest absolute Gasteiger partial charge is 0.355 e. The molecule has 0 saturated carbocycles. The molecular weight excluding hydrogens is 344 g/mol. The third-order valence-corrected chi connectivity index (χ3v) is 5.36. The smallest absolute Gasteiger partial charge is 0.0688 e. The van der Waals surface area contributed by atoms with Crippen molar-refractivity contribution in [2.75, 3.05) is 0 Å². The second kappa shape index (κ2) is 6.06. The zero-order chi connectivity index (χ0) is 19.4. The fourth-order valence-electron chi connectivity index (χ4n) is 3.80. The molecular formula is C24H22N4. The van der Waals surface area contributed by atoms with Gasteiger partial charge in [-0.05, 0) is 98.5 Å². The van der Waals surface area contributed by atoms with Crippen LogP contribution in [0.3, 0.4) is 0 Å². The molecule has 8 bridgehead atoms. The first kappa shape index (κ1) is 16.8. The molecule has 0 aliphatic carbocycles. The zero-order valence-corrected chi connectivity index (χ0v) is 16.5. The van der Waals surface area contributed by atoms with Crippen LogP contribution < -0.4 is 0 Å². The van der Waals surface area contributed by atoms with Crippen LogP contribution in [0.2, 0.25) is 0 Å². The molecule has 4 nitrogen and oxygen atoms in total. The topological polar surface area (TPSA) is 57.4 Å². The van der Waals surface area contributed by atoms with E-state index in [-0.39, 0.29) is 0 Å². The van der Waals surface area contributed by atoms with Gasteiger partial charge in [0.25, 0.3) is 0 Å². The highest BCUT2D eigenvalue weighted by Gasteiger charge is 2.10. The van der Waals surface area contributed by atoms with Crippen molar-refractivity contribution in [3.8, 4) is 0 Å². The molecule has 0 atom stereocenters. The third kappa shape index (κ3) is 2.87. The molecule has 2 N–H and O–H groups in total. The van der Waals surface area contributed by atoms with Gasteiger partial charge in [0.1, 0.15) is 0 Å². The van der Waals surface area contributed by atoms with Crippen molar-refractivity contribution in [2.45, 2.75) is 27.7 Å². The van der Waals surface area contributed by atoms with Crippen LogP contribution in [0.5, 0.6) is 0 Å². The van der Waals surface area contributed by atoms with E-state index in [9.17, 15) is 0 Å². The van der Waals surface area contributed by atoms with Gasteiger partial charge in [-0.25, -0.2) is 9.97 Å². The van der Waals surface area contributed by atoms with Gasteiger partial charge < -0.3 is 9.97 Å². The Labute approximate surface area is 163 Å². The Balaban J connectivity index is 1.91. The molecule has 2 aliphatic heterocycles. The Bertz CT molecular complexity index is 1350. The number of nitrogens with zero attached hydrogens (tertiary/aromatic N) is 2. The lowest BCUT2D eigenvalue weighted by molar-refractivity contribution is 1.26. The second-order valence-electron chi connectivity index (χ2n) is 7.72. The fraction of sp³-hybridized carbons (Fsp3) is 0.167.